The quantitative estimate of drug-likeness (QED) is 0.865. The van der Waals surface area contributed by atoms with Crippen LogP contribution in [0.25, 0.3) is 0 Å². The van der Waals surface area contributed by atoms with E-state index in [2.05, 4.69) is 5.32 Å². The predicted molar refractivity (Wildman–Crippen MR) is 100 cm³/mol. The highest BCUT2D eigenvalue weighted by molar-refractivity contribution is 7.89. The molecule has 1 amide bonds. The van der Waals surface area contributed by atoms with E-state index in [0.717, 1.165) is 5.56 Å². The van der Waals surface area contributed by atoms with E-state index in [1.54, 1.807) is 18.2 Å². The molecular weight excluding hydrogens is 376 g/mol. The number of nitrogens with one attached hydrogen (secondary N) is 1. The van der Waals surface area contributed by atoms with Crippen molar-refractivity contribution in [1.82, 2.24) is 4.31 Å². The van der Waals surface area contributed by atoms with Gasteiger partial charge in [-0.05, 0) is 37.3 Å². The maximum Gasteiger partial charge on any atom is 0.255 e. The van der Waals surface area contributed by atoms with Crippen LogP contribution in [0.2, 0.25) is 5.02 Å². The first kappa shape index (κ1) is 18.8. The second kappa shape index (κ2) is 7.75. The molecule has 1 N–H and O–H groups in total. The summed E-state index contributed by atoms with van der Waals surface area (Å²) < 4.78 is 32.2. The summed E-state index contributed by atoms with van der Waals surface area (Å²) in [6, 6.07) is 11.5. The van der Waals surface area contributed by atoms with Gasteiger partial charge in [-0.1, -0.05) is 29.3 Å². The molecule has 0 aliphatic carbocycles. The Morgan fingerprint density at radius 3 is 2.42 bits per heavy atom. The third-order valence-corrected chi connectivity index (χ3v) is 6.47. The van der Waals surface area contributed by atoms with E-state index >= 15 is 0 Å². The highest BCUT2D eigenvalue weighted by Crippen LogP contribution is 2.28. The Balaban J connectivity index is 1.85. The van der Waals surface area contributed by atoms with Crippen LogP contribution in [0.5, 0.6) is 0 Å². The number of benzene rings is 2. The molecule has 0 atom stereocenters. The number of amides is 1. The van der Waals surface area contributed by atoms with Gasteiger partial charge in [-0.2, -0.15) is 4.31 Å². The zero-order valence-corrected chi connectivity index (χ0v) is 15.8. The molecule has 2 aromatic rings. The van der Waals surface area contributed by atoms with E-state index in [-0.39, 0.29) is 28.9 Å². The molecule has 1 heterocycles. The molecule has 6 nitrogen and oxygen atoms in total. The Kier molecular flexibility index (Phi) is 5.62. The van der Waals surface area contributed by atoms with Crippen molar-refractivity contribution in [2.45, 2.75) is 11.8 Å². The molecule has 138 valence electrons. The van der Waals surface area contributed by atoms with Crippen LogP contribution in [-0.4, -0.2) is 44.9 Å². The van der Waals surface area contributed by atoms with Gasteiger partial charge >= 0.3 is 0 Å². The summed E-state index contributed by atoms with van der Waals surface area (Å²) in [5.41, 5.74) is 1.90. The van der Waals surface area contributed by atoms with Gasteiger partial charge < -0.3 is 10.1 Å². The SMILES string of the molecule is Cc1ccc(C(=O)Nc2ccc(Cl)c(S(=O)(=O)N3CCOCC3)c2)cc1. The fourth-order valence-corrected chi connectivity index (χ4v) is 4.52. The fourth-order valence-electron chi connectivity index (χ4n) is 2.61. The number of ether oxygens (including phenoxy) is 1. The summed E-state index contributed by atoms with van der Waals surface area (Å²) >= 11 is 6.12. The zero-order valence-electron chi connectivity index (χ0n) is 14.2. The Morgan fingerprint density at radius 2 is 1.77 bits per heavy atom. The highest BCUT2D eigenvalue weighted by atomic mass is 35.5. The first-order valence-corrected chi connectivity index (χ1v) is 9.95. The Bertz CT molecular complexity index is 907. The number of hydrogen-bond acceptors (Lipinski definition) is 4. The first-order chi connectivity index (χ1) is 12.4. The summed E-state index contributed by atoms with van der Waals surface area (Å²) in [7, 11) is -3.75. The van der Waals surface area contributed by atoms with Crippen molar-refractivity contribution in [2.24, 2.45) is 0 Å². The van der Waals surface area contributed by atoms with Crippen molar-refractivity contribution < 1.29 is 17.9 Å². The van der Waals surface area contributed by atoms with Gasteiger partial charge in [-0.25, -0.2) is 8.42 Å². The zero-order chi connectivity index (χ0) is 18.7. The van der Waals surface area contributed by atoms with Crippen LogP contribution in [0.4, 0.5) is 5.69 Å². The lowest BCUT2D eigenvalue weighted by molar-refractivity contribution is 0.0730. The summed E-state index contributed by atoms with van der Waals surface area (Å²) in [4.78, 5) is 12.3. The number of carbonyl (C=O) groups excluding carboxylic acids is 1. The summed E-state index contributed by atoms with van der Waals surface area (Å²) in [5, 5.41) is 2.83. The smallest absolute Gasteiger partial charge is 0.255 e. The molecule has 1 aliphatic rings. The van der Waals surface area contributed by atoms with Crippen LogP contribution in [0.3, 0.4) is 0 Å². The van der Waals surface area contributed by atoms with Crippen molar-refractivity contribution in [3.8, 4) is 0 Å². The summed E-state index contributed by atoms with van der Waals surface area (Å²) in [6.45, 7) is 3.18. The van der Waals surface area contributed by atoms with E-state index in [1.807, 2.05) is 19.1 Å². The number of aryl methyl sites for hydroxylation is 1. The molecule has 26 heavy (non-hydrogen) atoms. The second-order valence-corrected chi connectivity index (χ2v) is 8.30. The number of hydrogen-bond donors (Lipinski definition) is 1. The molecular formula is C18H19ClN2O4S. The van der Waals surface area contributed by atoms with Crippen LogP contribution in [-0.2, 0) is 14.8 Å². The van der Waals surface area contributed by atoms with Gasteiger partial charge in [0, 0.05) is 24.3 Å². The largest absolute Gasteiger partial charge is 0.379 e. The van der Waals surface area contributed by atoms with E-state index in [0.29, 0.717) is 24.5 Å². The fraction of sp³-hybridized carbons (Fsp3) is 0.278. The molecule has 0 radical (unpaired) electrons. The predicted octanol–water partition coefficient (Wildman–Crippen LogP) is 2.92. The molecule has 3 rings (SSSR count). The second-order valence-electron chi connectivity index (χ2n) is 5.98. The topological polar surface area (TPSA) is 75.7 Å². The minimum atomic E-state index is -3.75. The molecule has 0 unspecified atom stereocenters. The number of rotatable bonds is 4. The van der Waals surface area contributed by atoms with Gasteiger partial charge in [0.1, 0.15) is 4.90 Å². The summed E-state index contributed by atoms with van der Waals surface area (Å²) in [6.07, 6.45) is 0. The van der Waals surface area contributed by atoms with Crippen molar-refractivity contribution in [3.05, 3.63) is 58.6 Å². The standard InChI is InChI=1S/C18H19ClN2O4S/c1-13-2-4-14(5-3-13)18(22)20-15-6-7-16(19)17(12-15)26(23,24)21-8-10-25-11-9-21/h2-7,12H,8-11H2,1H3,(H,20,22). The Hall–Kier alpha value is -1.93. The molecule has 1 aliphatic heterocycles. The maximum absolute atomic E-state index is 12.8. The Morgan fingerprint density at radius 1 is 1.12 bits per heavy atom. The molecule has 1 fully saturated rings. The minimum Gasteiger partial charge on any atom is -0.379 e. The third-order valence-electron chi connectivity index (χ3n) is 4.09. The van der Waals surface area contributed by atoms with Crippen molar-refractivity contribution >= 4 is 33.2 Å². The van der Waals surface area contributed by atoms with Gasteiger partial charge in [0.15, 0.2) is 0 Å². The van der Waals surface area contributed by atoms with Crippen LogP contribution in [0, 0.1) is 6.92 Å². The van der Waals surface area contributed by atoms with Crippen molar-refractivity contribution in [2.75, 3.05) is 31.6 Å². The molecule has 1 saturated heterocycles. The number of carbonyl (C=O) groups is 1. The highest BCUT2D eigenvalue weighted by Gasteiger charge is 2.28. The molecule has 0 saturated carbocycles. The number of anilines is 1. The monoisotopic (exact) mass is 394 g/mol. The lowest BCUT2D eigenvalue weighted by atomic mass is 10.1. The lowest BCUT2D eigenvalue weighted by Crippen LogP contribution is -2.40. The number of sulfonamides is 1. The lowest BCUT2D eigenvalue weighted by Gasteiger charge is -2.26. The molecule has 8 heteroatoms. The number of halogens is 1. The third kappa shape index (κ3) is 4.07. The first-order valence-electron chi connectivity index (χ1n) is 8.13. The average molecular weight is 395 g/mol. The average Bonchev–Trinajstić information content (AvgIpc) is 2.64. The van der Waals surface area contributed by atoms with Crippen molar-refractivity contribution in [3.63, 3.8) is 0 Å². The van der Waals surface area contributed by atoms with E-state index in [4.69, 9.17) is 16.3 Å². The Labute approximate surface area is 157 Å². The minimum absolute atomic E-state index is 0.0252. The maximum atomic E-state index is 12.8. The normalized spacial score (nSPS) is 15.6. The van der Waals surface area contributed by atoms with Gasteiger partial charge in [0.2, 0.25) is 10.0 Å². The molecule has 0 bridgehead atoms. The van der Waals surface area contributed by atoms with E-state index < -0.39 is 10.0 Å². The number of morpholine rings is 1. The van der Waals surface area contributed by atoms with E-state index in [9.17, 15) is 13.2 Å². The van der Waals surface area contributed by atoms with Crippen molar-refractivity contribution in [1.29, 1.82) is 0 Å². The summed E-state index contributed by atoms with van der Waals surface area (Å²) in [5.74, 6) is -0.318. The molecule has 2 aromatic carbocycles. The van der Waals surface area contributed by atoms with Gasteiger partial charge in [-0.3, -0.25) is 4.79 Å². The molecule has 0 spiro atoms. The van der Waals surface area contributed by atoms with Crippen LogP contribution >= 0.6 is 11.6 Å². The van der Waals surface area contributed by atoms with Crippen LogP contribution < -0.4 is 5.32 Å². The number of nitrogens with zero attached hydrogens (tertiary/aromatic N) is 1. The van der Waals surface area contributed by atoms with Gasteiger partial charge in [0.05, 0.1) is 18.2 Å². The van der Waals surface area contributed by atoms with Crippen LogP contribution in [0.1, 0.15) is 15.9 Å². The van der Waals surface area contributed by atoms with E-state index in [1.165, 1.54) is 16.4 Å². The van der Waals surface area contributed by atoms with Crippen LogP contribution in [0.15, 0.2) is 47.4 Å². The van der Waals surface area contributed by atoms with Gasteiger partial charge in [-0.15, -0.1) is 0 Å². The van der Waals surface area contributed by atoms with Gasteiger partial charge in [0.25, 0.3) is 5.91 Å². The molecule has 0 aromatic heterocycles.